The molecule has 3 saturated heterocycles. The molecule has 0 aromatic carbocycles. The first-order chi connectivity index (χ1) is 28.3. The third kappa shape index (κ3) is 9.45. The molecule has 330 valence electrons. The van der Waals surface area contributed by atoms with E-state index < -0.39 is 89.3 Å². The van der Waals surface area contributed by atoms with Gasteiger partial charge in [-0.15, -0.1) is 6.42 Å². The molecule has 1 unspecified atom stereocenters. The summed E-state index contributed by atoms with van der Waals surface area (Å²) in [5.74, 6) is -3.55. The van der Waals surface area contributed by atoms with E-state index in [4.69, 9.17) is 30.1 Å². The van der Waals surface area contributed by atoms with Crippen molar-refractivity contribution in [2.45, 2.75) is 141 Å². The predicted molar refractivity (Wildman–Crippen MR) is 217 cm³/mol. The highest BCUT2D eigenvalue weighted by molar-refractivity contribution is 6.00. The van der Waals surface area contributed by atoms with Gasteiger partial charge in [-0.3, -0.25) is 19.3 Å². The quantitative estimate of drug-likeness (QED) is 0.109. The van der Waals surface area contributed by atoms with Crippen LogP contribution in [0.25, 0.3) is 11.3 Å². The molecule has 3 aliphatic heterocycles. The average molecular weight is 840 g/mol. The molecular formula is C44H62FN5O10. The number of hydrogen-bond acceptors (Lipinski definition) is 13. The third-order valence-corrected chi connectivity index (χ3v) is 12.7. The number of pyridine rings is 1. The summed E-state index contributed by atoms with van der Waals surface area (Å²) in [4.78, 5) is 68.5. The number of cyclic esters (lactones) is 1. The van der Waals surface area contributed by atoms with Crippen molar-refractivity contribution in [3.05, 3.63) is 36.8 Å². The average Bonchev–Trinajstić information content (AvgIpc) is 3.81. The molecule has 2 aromatic heterocycles. The monoisotopic (exact) mass is 839 g/mol. The number of carbonyl (C=O) groups excluding carboxylic acids is 4. The molecule has 1 amide bonds. The van der Waals surface area contributed by atoms with Crippen molar-refractivity contribution in [3.8, 4) is 23.6 Å². The minimum Gasteiger partial charge on any atom is -0.456 e. The van der Waals surface area contributed by atoms with Crippen LogP contribution in [0.15, 0.2) is 30.9 Å². The second kappa shape index (κ2) is 19.2. The van der Waals surface area contributed by atoms with E-state index in [1.54, 1.807) is 47.0 Å². The maximum atomic E-state index is 14.8. The highest BCUT2D eigenvalue weighted by Crippen LogP contribution is 2.43. The van der Waals surface area contributed by atoms with Crippen molar-refractivity contribution in [3.63, 3.8) is 0 Å². The summed E-state index contributed by atoms with van der Waals surface area (Å²) in [6.45, 7) is 12.6. The number of rotatable bonds is 11. The molecule has 5 rings (SSSR count). The Morgan fingerprint density at radius 3 is 2.37 bits per heavy atom. The van der Waals surface area contributed by atoms with E-state index in [0.717, 1.165) is 0 Å². The standard InChI is InChI=1S/C44H62FN5O10/c1-12-33-44(13-2)38(50(42(55)60-44)19-15-14-18-49-23-31(47-24-49)30-16-17-34(45)46-22-30)27(5)35(51)25(3)21-43(8,56-11)39(28(6)36(52)29(7)40(54)58-33)59-41-37(53)32(48(9)10)20-26(4)57-41/h2,16-17,22-29,32-33,37-39,41,53H,12,14-15,18-21H2,1,3-11H3/t25-,26-,27+,28+,29-,32+,33-,37-,38-,39-,41?,43+,44-/m1/s1. The number of terminal acetylenes is 1. The van der Waals surface area contributed by atoms with Gasteiger partial charge in [-0.05, 0) is 79.1 Å². The normalized spacial score (nSPS) is 35.7. The zero-order valence-electron chi connectivity index (χ0n) is 36.5. The van der Waals surface area contributed by atoms with Crippen molar-refractivity contribution < 1.29 is 52.4 Å². The molecule has 1 N–H and O–H groups in total. The molecule has 0 spiro atoms. The second-order valence-electron chi connectivity index (χ2n) is 17.2. The van der Waals surface area contributed by atoms with Crippen LogP contribution in [0.3, 0.4) is 0 Å². The van der Waals surface area contributed by atoms with E-state index in [9.17, 15) is 28.7 Å². The number of amides is 1. The Morgan fingerprint density at radius 2 is 1.75 bits per heavy atom. The number of imidazole rings is 1. The van der Waals surface area contributed by atoms with Crippen LogP contribution in [-0.2, 0) is 44.6 Å². The largest absolute Gasteiger partial charge is 0.456 e. The number of aryl methyl sites for hydroxylation is 1. The van der Waals surface area contributed by atoms with Crippen LogP contribution in [0.5, 0.6) is 0 Å². The number of ether oxygens (including phenoxy) is 5. The fraction of sp³-hybridized carbons (Fsp3) is 0.682. The van der Waals surface area contributed by atoms with Gasteiger partial charge in [-0.25, -0.2) is 14.8 Å². The van der Waals surface area contributed by atoms with E-state index in [1.165, 1.54) is 31.2 Å². The lowest BCUT2D eigenvalue weighted by atomic mass is 9.73. The minimum absolute atomic E-state index is 0.0614. The number of halogens is 1. The number of unbranched alkanes of at least 4 members (excludes halogenated alkanes) is 1. The number of fused-ring (bicyclic) bond motifs is 1. The molecule has 3 fully saturated rings. The first-order valence-electron chi connectivity index (χ1n) is 20.9. The van der Waals surface area contributed by atoms with Crippen LogP contribution >= 0.6 is 0 Å². The number of esters is 1. The number of aliphatic hydroxyl groups is 1. The molecule has 15 nitrogen and oxygen atoms in total. The maximum Gasteiger partial charge on any atom is 0.411 e. The van der Waals surface area contributed by atoms with Crippen molar-refractivity contribution >= 4 is 23.6 Å². The topological polar surface area (TPSA) is 172 Å². The van der Waals surface area contributed by atoms with Crippen molar-refractivity contribution in [1.82, 2.24) is 24.3 Å². The number of ketones is 2. The molecule has 0 aliphatic carbocycles. The summed E-state index contributed by atoms with van der Waals surface area (Å²) in [5.41, 5.74) is -1.89. The summed E-state index contributed by atoms with van der Waals surface area (Å²) in [6, 6.07) is 1.52. The van der Waals surface area contributed by atoms with Crippen LogP contribution in [0, 0.1) is 42.0 Å². The van der Waals surface area contributed by atoms with Crippen molar-refractivity contribution in [2.24, 2.45) is 23.7 Å². The van der Waals surface area contributed by atoms with E-state index in [0.29, 0.717) is 37.1 Å². The van der Waals surface area contributed by atoms with Crippen LogP contribution in [0.1, 0.15) is 80.6 Å². The summed E-state index contributed by atoms with van der Waals surface area (Å²) < 4.78 is 46.2. The second-order valence-corrected chi connectivity index (χ2v) is 17.2. The van der Waals surface area contributed by atoms with E-state index in [2.05, 4.69) is 15.9 Å². The molecule has 13 atom stereocenters. The fourth-order valence-electron chi connectivity index (χ4n) is 9.27. The van der Waals surface area contributed by atoms with Gasteiger partial charge in [0.2, 0.25) is 11.5 Å². The molecule has 3 aliphatic rings. The van der Waals surface area contributed by atoms with Crippen LogP contribution in [0.4, 0.5) is 9.18 Å². The third-order valence-electron chi connectivity index (χ3n) is 12.7. The smallest absolute Gasteiger partial charge is 0.411 e. The van der Waals surface area contributed by atoms with Crippen molar-refractivity contribution in [2.75, 3.05) is 27.7 Å². The summed E-state index contributed by atoms with van der Waals surface area (Å²) in [6.07, 6.45) is 7.39. The summed E-state index contributed by atoms with van der Waals surface area (Å²) in [5, 5.41) is 11.4. The van der Waals surface area contributed by atoms with Crippen LogP contribution in [-0.4, -0.2) is 135 Å². The Kier molecular flexibility index (Phi) is 15.0. The first-order valence-corrected chi connectivity index (χ1v) is 20.9. The van der Waals surface area contributed by atoms with Gasteiger partial charge >= 0.3 is 12.1 Å². The van der Waals surface area contributed by atoms with Gasteiger partial charge in [0.05, 0.1) is 35.9 Å². The number of aliphatic hydroxyl groups excluding tert-OH is 1. The predicted octanol–water partition coefficient (Wildman–Crippen LogP) is 4.68. The van der Waals surface area contributed by atoms with E-state index in [1.807, 2.05) is 36.7 Å². The molecule has 5 heterocycles. The first kappa shape index (κ1) is 46.8. The molecule has 60 heavy (non-hydrogen) atoms. The van der Waals surface area contributed by atoms with Crippen molar-refractivity contribution in [1.29, 1.82) is 0 Å². The van der Waals surface area contributed by atoms with Gasteiger partial charge in [0.1, 0.15) is 17.8 Å². The zero-order chi connectivity index (χ0) is 44.3. The highest BCUT2D eigenvalue weighted by Gasteiger charge is 2.62. The Labute approximate surface area is 352 Å². The fourth-order valence-corrected chi connectivity index (χ4v) is 9.27. The maximum absolute atomic E-state index is 14.8. The number of aromatic nitrogens is 3. The highest BCUT2D eigenvalue weighted by atomic mass is 19.1. The number of likely N-dealkylation sites (N-methyl/N-ethyl adjacent to an activating group) is 1. The molecular weight excluding hydrogens is 778 g/mol. The lowest BCUT2D eigenvalue weighted by Gasteiger charge is -2.47. The van der Waals surface area contributed by atoms with Gasteiger partial charge in [-0.1, -0.05) is 33.6 Å². The summed E-state index contributed by atoms with van der Waals surface area (Å²) >= 11 is 0. The summed E-state index contributed by atoms with van der Waals surface area (Å²) in [7, 11) is 5.17. The molecule has 0 bridgehead atoms. The Hall–Kier alpha value is -4.27. The van der Waals surface area contributed by atoms with Crippen LogP contribution in [0.2, 0.25) is 0 Å². The molecule has 2 aromatic rings. The number of carbonyl (C=O) groups is 4. The van der Waals surface area contributed by atoms with E-state index >= 15 is 0 Å². The lowest BCUT2D eigenvalue weighted by Crippen LogP contribution is -2.60. The molecule has 16 heteroatoms. The SMILES string of the molecule is C#C[C@]12OC(=O)N(CCCCn3cnc(-c4ccc(F)nc4)c3)[C@@H]1[C@@H](C)C(=O)[C@H](C)C[C@](C)(OC)[C@H](OC1O[C@H](C)C[C@H](N(C)C)[C@H]1O)[C@@H](C)C(=O)[C@@H](C)C(=O)O[C@@H]2CC. The van der Waals surface area contributed by atoms with Gasteiger partial charge in [0.25, 0.3) is 0 Å². The zero-order valence-corrected chi connectivity index (χ0v) is 36.5. The minimum atomic E-state index is -1.86. The van der Waals surface area contributed by atoms with Gasteiger partial charge in [0.15, 0.2) is 18.2 Å². The Morgan fingerprint density at radius 1 is 1.05 bits per heavy atom. The van der Waals surface area contributed by atoms with Crippen LogP contribution < -0.4 is 0 Å². The number of hydrogen-bond donors (Lipinski definition) is 1. The Bertz CT molecular complexity index is 1890. The van der Waals surface area contributed by atoms with Gasteiger partial charge < -0.3 is 38.3 Å². The number of Topliss-reactive ketones (excluding diaryl/α,β-unsaturated/α-hetero) is 2. The lowest BCUT2D eigenvalue weighted by molar-refractivity contribution is -0.295. The van der Waals surface area contributed by atoms with E-state index in [-0.39, 0.29) is 37.3 Å². The Balaban J connectivity index is 1.45. The van der Waals surface area contributed by atoms with Gasteiger partial charge in [0, 0.05) is 62.0 Å². The molecule has 0 saturated carbocycles. The van der Waals surface area contributed by atoms with Gasteiger partial charge in [-0.2, -0.15) is 4.39 Å². The number of methoxy groups -OCH3 is 1. The number of nitrogens with zero attached hydrogens (tertiary/aromatic N) is 5. The molecule has 0 radical (unpaired) electrons.